The van der Waals surface area contributed by atoms with E-state index in [1.807, 2.05) is 0 Å². The Morgan fingerprint density at radius 1 is 1.41 bits per heavy atom. The monoisotopic (exact) mass is 241 g/mol. The lowest BCUT2D eigenvalue weighted by molar-refractivity contribution is -0.150. The number of aliphatic hydroxyl groups is 1. The Bertz CT molecular complexity index is 312. The Labute approximate surface area is 100 Å². The molecule has 1 aliphatic carbocycles. The van der Waals surface area contributed by atoms with Gasteiger partial charge in [0.2, 0.25) is 5.91 Å². The molecule has 2 unspecified atom stereocenters. The van der Waals surface area contributed by atoms with Gasteiger partial charge in [-0.2, -0.15) is 0 Å². The summed E-state index contributed by atoms with van der Waals surface area (Å²) in [6.45, 7) is 0.349. The molecule has 0 spiro atoms. The van der Waals surface area contributed by atoms with Gasteiger partial charge in [0.05, 0.1) is 0 Å². The van der Waals surface area contributed by atoms with Crippen molar-refractivity contribution in [1.29, 1.82) is 0 Å². The molecule has 1 heterocycles. The minimum atomic E-state index is -0.899. The minimum absolute atomic E-state index is 0.0424. The van der Waals surface area contributed by atoms with Gasteiger partial charge in [-0.15, -0.1) is 0 Å². The maximum atomic E-state index is 11.8. The second kappa shape index (κ2) is 5.04. The van der Waals surface area contributed by atoms with Crippen LogP contribution in [0.3, 0.4) is 0 Å². The van der Waals surface area contributed by atoms with E-state index >= 15 is 0 Å². The number of carboxylic acid groups (broad SMARTS) is 1. The molecule has 5 nitrogen and oxygen atoms in total. The van der Waals surface area contributed by atoms with Crippen molar-refractivity contribution in [2.75, 3.05) is 13.2 Å². The molecule has 0 aromatic carbocycles. The number of hydrogen-bond donors (Lipinski definition) is 2. The molecular weight excluding hydrogens is 222 g/mol. The van der Waals surface area contributed by atoms with Crippen molar-refractivity contribution in [3.8, 4) is 0 Å². The maximum absolute atomic E-state index is 11.8. The van der Waals surface area contributed by atoms with E-state index in [0.717, 1.165) is 25.7 Å². The van der Waals surface area contributed by atoms with Gasteiger partial charge in [0, 0.05) is 25.5 Å². The number of nitrogens with zero attached hydrogens (tertiary/aromatic N) is 1. The first-order valence-electron chi connectivity index (χ1n) is 6.26. The Kier molecular flexibility index (Phi) is 3.66. The normalized spacial score (nSPS) is 27.7. The van der Waals surface area contributed by atoms with Crippen molar-refractivity contribution in [1.82, 2.24) is 4.90 Å². The van der Waals surface area contributed by atoms with Gasteiger partial charge in [-0.25, -0.2) is 4.79 Å². The third-order valence-corrected chi connectivity index (χ3v) is 3.93. The smallest absolute Gasteiger partial charge is 0.326 e. The summed E-state index contributed by atoms with van der Waals surface area (Å²) in [5, 5.41) is 18.4. The summed E-state index contributed by atoms with van der Waals surface area (Å²) in [5.74, 6) is -1.02. The molecule has 1 saturated carbocycles. The summed E-state index contributed by atoms with van der Waals surface area (Å²) < 4.78 is 0. The second-order valence-electron chi connectivity index (χ2n) is 5.13. The van der Waals surface area contributed by atoms with Crippen molar-refractivity contribution < 1.29 is 19.8 Å². The second-order valence-corrected chi connectivity index (χ2v) is 5.13. The Hall–Kier alpha value is -1.10. The first-order valence-corrected chi connectivity index (χ1v) is 6.26. The largest absolute Gasteiger partial charge is 0.480 e. The Balaban J connectivity index is 2.10. The summed E-state index contributed by atoms with van der Waals surface area (Å²) in [6.07, 6.45) is 4.18. The molecule has 17 heavy (non-hydrogen) atoms. The number of carboxylic acids is 1. The van der Waals surface area contributed by atoms with Crippen LogP contribution >= 0.6 is 0 Å². The van der Waals surface area contributed by atoms with Crippen molar-refractivity contribution in [3.05, 3.63) is 0 Å². The van der Waals surface area contributed by atoms with Crippen molar-refractivity contribution in [2.45, 2.75) is 38.1 Å². The highest BCUT2D eigenvalue weighted by molar-refractivity contribution is 5.85. The zero-order valence-corrected chi connectivity index (χ0v) is 9.84. The van der Waals surface area contributed by atoms with Crippen LogP contribution in [0.5, 0.6) is 0 Å². The molecular formula is C12H19NO4. The number of hydrogen-bond acceptors (Lipinski definition) is 3. The van der Waals surface area contributed by atoms with Gasteiger partial charge >= 0.3 is 5.97 Å². The predicted octanol–water partition coefficient (Wildman–Crippen LogP) is 0.471. The van der Waals surface area contributed by atoms with Crippen molar-refractivity contribution >= 4 is 11.9 Å². The van der Waals surface area contributed by atoms with Crippen LogP contribution in [0.1, 0.15) is 32.1 Å². The summed E-state index contributed by atoms with van der Waals surface area (Å²) in [5.41, 5.74) is 0. The summed E-state index contributed by atoms with van der Waals surface area (Å²) in [4.78, 5) is 24.6. The average molecular weight is 241 g/mol. The fraction of sp³-hybridized carbons (Fsp3) is 0.833. The van der Waals surface area contributed by atoms with Crippen LogP contribution in [0.25, 0.3) is 0 Å². The molecule has 2 aliphatic rings. The van der Waals surface area contributed by atoms with Gasteiger partial charge in [0.25, 0.3) is 0 Å². The molecule has 1 saturated heterocycles. The molecule has 2 atom stereocenters. The molecule has 2 N–H and O–H groups in total. The van der Waals surface area contributed by atoms with Crippen LogP contribution in [-0.4, -0.2) is 46.2 Å². The number of likely N-dealkylation sites (tertiary alicyclic amines) is 1. The molecule has 0 bridgehead atoms. The molecule has 2 rings (SSSR count). The van der Waals surface area contributed by atoms with Gasteiger partial charge in [-0.3, -0.25) is 4.79 Å². The summed E-state index contributed by atoms with van der Waals surface area (Å²) >= 11 is 0. The van der Waals surface area contributed by atoms with E-state index in [0.29, 0.717) is 6.54 Å². The number of aliphatic hydroxyl groups excluding tert-OH is 1. The number of amides is 1. The van der Waals surface area contributed by atoms with Crippen LogP contribution in [-0.2, 0) is 9.59 Å². The van der Waals surface area contributed by atoms with Gasteiger partial charge in [0.15, 0.2) is 0 Å². The van der Waals surface area contributed by atoms with Crippen LogP contribution in [0.2, 0.25) is 0 Å². The first kappa shape index (κ1) is 12.4. The minimum Gasteiger partial charge on any atom is -0.480 e. The van der Waals surface area contributed by atoms with E-state index in [-0.39, 0.29) is 30.8 Å². The summed E-state index contributed by atoms with van der Waals surface area (Å²) in [6, 6.07) is -0.679. The third-order valence-electron chi connectivity index (χ3n) is 3.93. The van der Waals surface area contributed by atoms with Crippen LogP contribution in [0.15, 0.2) is 0 Å². The molecule has 96 valence electrons. The lowest BCUT2D eigenvalue weighted by Crippen LogP contribution is -2.46. The highest BCUT2D eigenvalue weighted by Gasteiger charge is 2.42. The SMILES string of the molecule is O=C(O)C(C1CCCC1)N1CC(CO)CC1=O. The van der Waals surface area contributed by atoms with Gasteiger partial charge < -0.3 is 15.1 Å². The zero-order valence-electron chi connectivity index (χ0n) is 9.84. The molecule has 1 aliphatic heterocycles. The highest BCUT2D eigenvalue weighted by Crippen LogP contribution is 2.33. The lowest BCUT2D eigenvalue weighted by Gasteiger charge is -2.29. The number of carbonyl (C=O) groups is 2. The fourth-order valence-electron chi connectivity index (χ4n) is 3.06. The standard InChI is InChI=1S/C12H19NO4/c14-7-8-5-10(15)13(6-8)11(12(16)17)9-3-1-2-4-9/h8-9,11,14H,1-7H2,(H,16,17). The van der Waals surface area contributed by atoms with E-state index < -0.39 is 12.0 Å². The molecule has 2 fully saturated rings. The quantitative estimate of drug-likeness (QED) is 0.750. The van der Waals surface area contributed by atoms with E-state index in [2.05, 4.69) is 0 Å². The van der Waals surface area contributed by atoms with Gasteiger partial charge in [-0.05, 0) is 18.8 Å². The van der Waals surface area contributed by atoms with Crippen molar-refractivity contribution in [3.63, 3.8) is 0 Å². The number of rotatable bonds is 4. The maximum Gasteiger partial charge on any atom is 0.326 e. The van der Waals surface area contributed by atoms with Crippen LogP contribution < -0.4 is 0 Å². The van der Waals surface area contributed by atoms with Crippen LogP contribution in [0, 0.1) is 11.8 Å². The lowest BCUT2D eigenvalue weighted by atomic mass is 9.97. The van der Waals surface area contributed by atoms with E-state index in [1.165, 1.54) is 4.90 Å². The Morgan fingerprint density at radius 3 is 2.53 bits per heavy atom. The fourth-order valence-corrected chi connectivity index (χ4v) is 3.06. The number of aliphatic carboxylic acids is 1. The third kappa shape index (κ3) is 2.44. The first-order chi connectivity index (χ1) is 8.13. The molecule has 0 aromatic heterocycles. The topological polar surface area (TPSA) is 77.8 Å². The Morgan fingerprint density at radius 2 is 2.06 bits per heavy atom. The molecule has 1 amide bonds. The average Bonchev–Trinajstić information content (AvgIpc) is 2.89. The van der Waals surface area contributed by atoms with E-state index in [1.54, 1.807) is 0 Å². The van der Waals surface area contributed by atoms with E-state index in [4.69, 9.17) is 5.11 Å². The summed E-state index contributed by atoms with van der Waals surface area (Å²) in [7, 11) is 0. The molecule has 0 radical (unpaired) electrons. The van der Waals surface area contributed by atoms with E-state index in [9.17, 15) is 14.7 Å². The molecule has 0 aromatic rings. The van der Waals surface area contributed by atoms with Gasteiger partial charge in [-0.1, -0.05) is 12.8 Å². The molecule has 5 heteroatoms. The van der Waals surface area contributed by atoms with Crippen LogP contribution in [0.4, 0.5) is 0 Å². The number of carbonyl (C=O) groups excluding carboxylic acids is 1. The van der Waals surface area contributed by atoms with Gasteiger partial charge in [0.1, 0.15) is 6.04 Å². The predicted molar refractivity (Wildman–Crippen MR) is 60.3 cm³/mol. The van der Waals surface area contributed by atoms with Crippen molar-refractivity contribution in [2.24, 2.45) is 11.8 Å². The zero-order chi connectivity index (χ0) is 12.4. The highest BCUT2D eigenvalue weighted by atomic mass is 16.4.